The van der Waals surface area contributed by atoms with Gasteiger partial charge in [0.2, 0.25) is 0 Å². The summed E-state index contributed by atoms with van der Waals surface area (Å²) in [4.78, 5) is 0. The van der Waals surface area contributed by atoms with Crippen molar-refractivity contribution < 1.29 is 0 Å². The van der Waals surface area contributed by atoms with E-state index in [1.807, 2.05) is 24.3 Å². The summed E-state index contributed by atoms with van der Waals surface area (Å²) in [6, 6.07) is 59.2. The van der Waals surface area contributed by atoms with Gasteiger partial charge in [0.05, 0.1) is 23.3 Å². The van der Waals surface area contributed by atoms with E-state index in [2.05, 4.69) is 146 Å². The van der Waals surface area contributed by atoms with Gasteiger partial charge >= 0.3 is 0 Å². The van der Waals surface area contributed by atoms with Crippen LogP contribution in [0.3, 0.4) is 0 Å². The summed E-state index contributed by atoms with van der Waals surface area (Å²) in [5.41, 5.74) is 10.3. The molecule has 0 unspecified atom stereocenters. The largest absolute Gasteiger partial charge is 0.192 e. The molecule has 0 aromatic heterocycles. The molecule has 0 aliphatic heterocycles. The molecule has 8 rings (SSSR count). The highest BCUT2D eigenvalue weighted by molar-refractivity contribution is 6.33. The first kappa shape index (κ1) is 27.1. The van der Waals surface area contributed by atoms with Crippen molar-refractivity contribution in [2.45, 2.75) is 0 Å². The summed E-state index contributed by atoms with van der Waals surface area (Å²) >= 11 is 0. The number of fused-ring (bicyclic) bond motifs is 3. The lowest BCUT2D eigenvalue weighted by molar-refractivity contribution is 1.48. The van der Waals surface area contributed by atoms with Gasteiger partial charge in [0.1, 0.15) is 0 Å². The van der Waals surface area contributed by atoms with Crippen molar-refractivity contribution in [1.82, 2.24) is 0 Å². The fourth-order valence-corrected chi connectivity index (χ4v) is 6.96. The summed E-state index contributed by atoms with van der Waals surface area (Å²) in [6.45, 7) is 0. The minimum Gasteiger partial charge on any atom is -0.192 e. The summed E-state index contributed by atoms with van der Waals surface area (Å²) in [5, 5.41) is 26.2. The zero-order valence-corrected chi connectivity index (χ0v) is 24.9. The topological polar surface area (TPSA) is 47.6 Å². The number of hydrogen-bond acceptors (Lipinski definition) is 2. The number of benzene rings is 8. The number of rotatable bonds is 4. The van der Waals surface area contributed by atoms with Gasteiger partial charge in [-0.05, 0) is 101 Å². The van der Waals surface area contributed by atoms with Gasteiger partial charge in [-0.25, -0.2) is 0 Å². The summed E-state index contributed by atoms with van der Waals surface area (Å²) in [7, 11) is 0. The lowest BCUT2D eigenvalue weighted by Crippen LogP contribution is -1.97. The van der Waals surface area contributed by atoms with Crippen LogP contribution in [0.2, 0.25) is 0 Å². The Morgan fingerprint density at radius 3 is 0.826 bits per heavy atom. The van der Waals surface area contributed by atoms with Crippen LogP contribution in [0, 0.1) is 22.7 Å². The van der Waals surface area contributed by atoms with Crippen molar-refractivity contribution in [3.8, 4) is 56.6 Å². The Morgan fingerprint density at radius 1 is 0.283 bits per heavy atom. The maximum Gasteiger partial charge on any atom is 0.0991 e. The fraction of sp³-hybridized carbons (Fsp3) is 0. The van der Waals surface area contributed by atoms with E-state index in [-0.39, 0.29) is 0 Å². The second-order valence-corrected chi connectivity index (χ2v) is 11.5. The molecule has 212 valence electrons. The maximum absolute atomic E-state index is 9.65. The Kier molecular flexibility index (Phi) is 6.61. The molecule has 0 N–H and O–H groups in total. The van der Waals surface area contributed by atoms with Crippen molar-refractivity contribution in [3.05, 3.63) is 169 Å². The molecule has 0 aliphatic carbocycles. The van der Waals surface area contributed by atoms with Gasteiger partial charge in [0.15, 0.2) is 0 Å². The van der Waals surface area contributed by atoms with E-state index < -0.39 is 0 Å². The Morgan fingerprint density at radius 2 is 0.543 bits per heavy atom. The first-order valence-corrected chi connectivity index (χ1v) is 15.3. The van der Waals surface area contributed by atoms with Crippen molar-refractivity contribution in [2.75, 3.05) is 0 Å². The van der Waals surface area contributed by atoms with Crippen molar-refractivity contribution >= 4 is 32.3 Å². The zero-order chi connectivity index (χ0) is 31.0. The highest BCUT2D eigenvalue weighted by Gasteiger charge is 2.25. The molecular formula is C44H26N2. The van der Waals surface area contributed by atoms with Crippen molar-refractivity contribution in [1.29, 1.82) is 10.5 Å². The molecule has 2 nitrogen and oxygen atoms in total. The molecule has 0 fully saturated rings. The van der Waals surface area contributed by atoms with Crippen LogP contribution in [0.25, 0.3) is 76.8 Å². The van der Waals surface area contributed by atoms with Crippen molar-refractivity contribution in [3.63, 3.8) is 0 Å². The van der Waals surface area contributed by atoms with Crippen LogP contribution in [-0.2, 0) is 0 Å². The molecule has 0 saturated carbocycles. The summed E-state index contributed by atoms with van der Waals surface area (Å²) in [6.07, 6.45) is 0. The molecule has 0 heterocycles. The molecule has 0 aliphatic rings. The molecule has 0 spiro atoms. The third-order valence-electron chi connectivity index (χ3n) is 8.91. The molecule has 0 amide bonds. The molecule has 0 saturated heterocycles. The van der Waals surface area contributed by atoms with Crippen LogP contribution in [0.4, 0.5) is 0 Å². The fourth-order valence-electron chi connectivity index (χ4n) is 6.96. The van der Waals surface area contributed by atoms with Crippen LogP contribution in [0.1, 0.15) is 11.1 Å². The average molecular weight is 583 g/mol. The van der Waals surface area contributed by atoms with E-state index in [1.165, 1.54) is 11.1 Å². The van der Waals surface area contributed by atoms with E-state index >= 15 is 0 Å². The molecule has 0 bridgehead atoms. The normalized spacial score (nSPS) is 11.0. The lowest BCUT2D eigenvalue weighted by Gasteiger charge is -2.25. The van der Waals surface area contributed by atoms with E-state index in [1.54, 1.807) is 0 Å². The first-order valence-electron chi connectivity index (χ1n) is 15.3. The van der Waals surface area contributed by atoms with Crippen molar-refractivity contribution in [2.24, 2.45) is 0 Å². The van der Waals surface area contributed by atoms with Gasteiger partial charge in [0, 0.05) is 0 Å². The Hall–Kier alpha value is -6.48. The van der Waals surface area contributed by atoms with Crippen LogP contribution >= 0.6 is 0 Å². The standard InChI is InChI=1S/C44H26N2/c45-27-29-19-23-33(24-20-29)41-38-18-10-8-16-36(38)40(32-13-5-2-6-14-32)44-42(34-25-21-30(28-46)22-26-34)37-17-9-7-15-35(37)39(43(41)44)31-11-3-1-4-12-31/h1-26H. The predicted molar refractivity (Wildman–Crippen MR) is 190 cm³/mol. The van der Waals surface area contributed by atoms with E-state index in [4.69, 9.17) is 0 Å². The summed E-state index contributed by atoms with van der Waals surface area (Å²) < 4.78 is 0. The molecule has 0 radical (unpaired) electrons. The average Bonchev–Trinajstić information content (AvgIpc) is 3.13. The summed E-state index contributed by atoms with van der Waals surface area (Å²) in [5.74, 6) is 0. The second kappa shape index (κ2) is 11.2. The molecular weight excluding hydrogens is 556 g/mol. The minimum absolute atomic E-state index is 0.630. The van der Waals surface area contributed by atoms with Gasteiger partial charge in [-0.2, -0.15) is 10.5 Å². The zero-order valence-electron chi connectivity index (χ0n) is 24.9. The van der Waals surface area contributed by atoms with E-state index in [0.29, 0.717) is 11.1 Å². The molecule has 0 atom stereocenters. The van der Waals surface area contributed by atoms with Crippen LogP contribution in [0.15, 0.2) is 158 Å². The third kappa shape index (κ3) is 4.33. The number of nitriles is 2. The monoisotopic (exact) mass is 582 g/mol. The van der Waals surface area contributed by atoms with Gasteiger partial charge in [-0.1, -0.05) is 133 Å². The molecule has 8 aromatic rings. The minimum atomic E-state index is 0.630. The Balaban J connectivity index is 1.73. The van der Waals surface area contributed by atoms with E-state index in [0.717, 1.165) is 65.7 Å². The molecule has 2 heteroatoms. The smallest absolute Gasteiger partial charge is 0.0991 e. The first-order chi connectivity index (χ1) is 22.8. The van der Waals surface area contributed by atoms with Gasteiger partial charge in [0.25, 0.3) is 0 Å². The maximum atomic E-state index is 9.65. The predicted octanol–water partition coefficient (Wildman–Crippen LogP) is 11.6. The van der Waals surface area contributed by atoms with Gasteiger partial charge in [-0.15, -0.1) is 0 Å². The highest BCUT2D eigenvalue weighted by atomic mass is 14.3. The Bertz CT molecular complexity index is 2320. The highest BCUT2D eigenvalue weighted by Crippen LogP contribution is 2.53. The van der Waals surface area contributed by atoms with Crippen LogP contribution in [-0.4, -0.2) is 0 Å². The van der Waals surface area contributed by atoms with Gasteiger partial charge in [-0.3, -0.25) is 0 Å². The number of nitrogens with zero attached hydrogens (tertiary/aromatic N) is 2. The van der Waals surface area contributed by atoms with Crippen LogP contribution < -0.4 is 0 Å². The lowest BCUT2D eigenvalue weighted by atomic mass is 9.77. The molecule has 8 aromatic carbocycles. The SMILES string of the molecule is N#Cc1ccc(-c2c3ccccc3c(-c3ccccc3)c3c(-c4ccc(C#N)cc4)c4ccccc4c(-c4ccccc4)c23)cc1. The second-order valence-electron chi connectivity index (χ2n) is 11.5. The third-order valence-corrected chi connectivity index (χ3v) is 8.91. The van der Waals surface area contributed by atoms with Gasteiger partial charge < -0.3 is 0 Å². The van der Waals surface area contributed by atoms with E-state index in [9.17, 15) is 10.5 Å². The molecule has 46 heavy (non-hydrogen) atoms. The van der Waals surface area contributed by atoms with Crippen LogP contribution in [0.5, 0.6) is 0 Å². The number of hydrogen-bond donors (Lipinski definition) is 0. The quantitative estimate of drug-likeness (QED) is 0.194. The Labute approximate surface area is 267 Å².